The summed E-state index contributed by atoms with van der Waals surface area (Å²) < 4.78 is 32.3. The van der Waals surface area contributed by atoms with E-state index in [1.54, 1.807) is 0 Å². The molecule has 0 radical (unpaired) electrons. The van der Waals surface area contributed by atoms with Crippen LogP contribution in [0.25, 0.3) is 32.7 Å². The number of benzene rings is 4. The zero-order valence-corrected chi connectivity index (χ0v) is 27.2. The van der Waals surface area contributed by atoms with Crippen molar-refractivity contribution in [1.82, 2.24) is 0 Å². The number of methoxy groups -OCH3 is 4. The molecule has 0 unspecified atom stereocenters. The Morgan fingerprint density at radius 2 is 0.932 bits per heavy atom. The number of ether oxygens (including phenoxy) is 6. The van der Waals surface area contributed by atoms with Crippen molar-refractivity contribution >= 4 is 77.3 Å². The van der Waals surface area contributed by atoms with Gasteiger partial charge < -0.3 is 38.6 Å². The number of hydrogen-bond acceptors (Lipinski definition) is 12. The summed E-state index contributed by atoms with van der Waals surface area (Å²) in [7, 11) is 4.90. The van der Waals surface area contributed by atoms with Gasteiger partial charge in [0.25, 0.3) is 0 Å². The minimum atomic E-state index is -1.08. The number of aromatic hydroxyl groups is 2. The van der Waals surface area contributed by atoms with Crippen molar-refractivity contribution in [3.05, 3.63) is 44.3 Å². The van der Waals surface area contributed by atoms with E-state index >= 15 is 0 Å². The molecule has 0 spiro atoms. The molecule has 12 nitrogen and oxygen atoms in total. The van der Waals surface area contributed by atoms with Crippen LogP contribution in [-0.2, 0) is 19.1 Å². The van der Waals surface area contributed by atoms with Gasteiger partial charge in [-0.05, 0) is 66.9 Å². The van der Waals surface area contributed by atoms with Crippen molar-refractivity contribution in [2.45, 2.75) is 13.8 Å². The molecule has 0 aromatic heterocycles. The molecule has 4 aromatic rings. The van der Waals surface area contributed by atoms with Gasteiger partial charge in [0.2, 0.25) is 0 Å². The summed E-state index contributed by atoms with van der Waals surface area (Å²) in [5.41, 5.74) is -1.48. The number of halogens is 2. The normalized spacial score (nSPS) is 10.8. The Labute approximate surface area is 266 Å². The standard InChI is InChI=1S/C30H24Br2O12/c1-11(33)43-27-15-9-19(39-3)17(31)7-13(15)21(25(35)23(27)29(37)41-5)22-14-8-18(32)20(40-4)10-16(14)28(44-12(2)34)24(26(22)36)30(38)42-6/h7-10,35-36H,1-6H3. The van der Waals surface area contributed by atoms with Gasteiger partial charge in [-0.15, -0.1) is 0 Å². The van der Waals surface area contributed by atoms with E-state index in [1.807, 2.05) is 0 Å². The van der Waals surface area contributed by atoms with Crippen LogP contribution in [-0.4, -0.2) is 62.5 Å². The number of esters is 4. The molecule has 0 saturated heterocycles. The van der Waals surface area contributed by atoms with Gasteiger partial charge >= 0.3 is 23.9 Å². The van der Waals surface area contributed by atoms with Crippen LogP contribution < -0.4 is 18.9 Å². The van der Waals surface area contributed by atoms with Gasteiger partial charge in [0.1, 0.15) is 34.1 Å². The summed E-state index contributed by atoms with van der Waals surface area (Å²) in [6.45, 7) is 2.21. The Kier molecular flexibility index (Phi) is 9.25. The van der Waals surface area contributed by atoms with Crippen LogP contribution in [0, 0.1) is 0 Å². The van der Waals surface area contributed by atoms with E-state index < -0.39 is 46.5 Å². The predicted octanol–water partition coefficient (Wildman–Crippen LogP) is 6.04. The zero-order valence-electron chi connectivity index (χ0n) is 24.0. The Morgan fingerprint density at radius 3 is 1.20 bits per heavy atom. The number of phenols is 2. The number of phenolic OH excluding ortho intramolecular Hbond substituents is 2. The fourth-order valence-corrected chi connectivity index (χ4v) is 5.80. The molecule has 0 aliphatic rings. The molecule has 0 bridgehead atoms. The van der Waals surface area contributed by atoms with Gasteiger partial charge in [0.15, 0.2) is 11.5 Å². The molecule has 2 N–H and O–H groups in total. The van der Waals surface area contributed by atoms with E-state index in [0.29, 0.717) is 8.95 Å². The van der Waals surface area contributed by atoms with Crippen LogP contribution in [0.1, 0.15) is 34.6 Å². The van der Waals surface area contributed by atoms with E-state index in [-0.39, 0.29) is 55.7 Å². The summed E-state index contributed by atoms with van der Waals surface area (Å²) in [4.78, 5) is 50.6. The Balaban J connectivity index is 2.42. The van der Waals surface area contributed by atoms with Gasteiger partial charge in [-0.1, -0.05) is 0 Å². The number of carbonyl (C=O) groups is 4. The Hall–Kier alpha value is -4.56. The third-order valence-electron chi connectivity index (χ3n) is 6.53. The van der Waals surface area contributed by atoms with Crippen LogP contribution in [0.2, 0.25) is 0 Å². The molecule has 230 valence electrons. The maximum atomic E-state index is 13.1. The molecule has 4 aromatic carbocycles. The summed E-state index contributed by atoms with van der Waals surface area (Å²) in [6.07, 6.45) is 0. The molecule has 44 heavy (non-hydrogen) atoms. The first-order chi connectivity index (χ1) is 20.8. The largest absolute Gasteiger partial charge is 0.506 e. The summed E-state index contributed by atoms with van der Waals surface area (Å²) in [5, 5.41) is 24.1. The number of rotatable bonds is 7. The maximum absolute atomic E-state index is 13.1. The van der Waals surface area contributed by atoms with Crippen molar-refractivity contribution in [2.24, 2.45) is 0 Å². The van der Waals surface area contributed by atoms with Crippen LogP contribution in [0.5, 0.6) is 34.5 Å². The second kappa shape index (κ2) is 12.6. The van der Waals surface area contributed by atoms with Crippen molar-refractivity contribution in [1.29, 1.82) is 0 Å². The van der Waals surface area contributed by atoms with Crippen molar-refractivity contribution in [2.75, 3.05) is 28.4 Å². The van der Waals surface area contributed by atoms with Crippen molar-refractivity contribution in [3.8, 4) is 45.6 Å². The minimum absolute atomic E-state index is 0.0947. The monoisotopic (exact) mass is 734 g/mol. The lowest BCUT2D eigenvalue weighted by atomic mass is 9.87. The molecule has 0 saturated carbocycles. The lowest BCUT2D eigenvalue weighted by Crippen LogP contribution is -2.12. The predicted molar refractivity (Wildman–Crippen MR) is 164 cm³/mol. The molecule has 4 rings (SSSR count). The van der Waals surface area contributed by atoms with Crippen molar-refractivity contribution < 1.29 is 57.8 Å². The number of fused-ring (bicyclic) bond motifs is 2. The van der Waals surface area contributed by atoms with E-state index in [9.17, 15) is 29.4 Å². The molecule has 0 heterocycles. The minimum Gasteiger partial charge on any atom is -0.506 e. The zero-order chi connectivity index (χ0) is 32.6. The Morgan fingerprint density at radius 1 is 0.591 bits per heavy atom. The molecule has 0 aliphatic carbocycles. The first-order valence-corrected chi connectivity index (χ1v) is 14.1. The fourth-order valence-electron chi connectivity index (χ4n) is 4.79. The van der Waals surface area contributed by atoms with Gasteiger partial charge in [-0.25, -0.2) is 9.59 Å². The van der Waals surface area contributed by atoms with Crippen LogP contribution in [0.4, 0.5) is 0 Å². The molecular formula is C30H24Br2O12. The highest BCUT2D eigenvalue weighted by atomic mass is 79.9. The van der Waals surface area contributed by atoms with Gasteiger partial charge in [0, 0.05) is 35.7 Å². The third-order valence-corrected chi connectivity index (χ3v) is 7.77. The second-order valence-corrected chi connectivity index (χ2v) is 10.8. The molecule has 0 atom stereocenters. The highest BCUT2D eigenvalue weighted by molar-refractivity contribution is 9.11. The van der Waals surface area contributed by atoms with E-state index in [4.69, 9.17) is 28.4 Å². The quantitative estimate of drug-likeness (QED) is 0.167. The van der Waals surface area contributed by atoms with E-state index in [1.165, 1.54) is 38.5 Å². The second-order valence-electron chi connectivity index (χ2n) is 9.09. The van der Waals surface area contributed by atoms with Gasteiger partial charge in [0.05, 0.1) is 37.4 Å². The molecule has 14 heteroatoms. The molecule has 0 aliphatic heterocycles. The highest BCUT2D eigenvalue weighted by Gasteiger charge is 2.34. The summed E-state index contributed by atoms with van der Waals surface area (Å²) >= 11 is 6.82. The van der Waals surface area contributed by atoms with E-state index in [0.717, 1.165) is 28.1 Å². The SMILES string of the molecule is COC(=O)c1c(O)c(-c2c(O)c(C(=O)OC)c(OC(C)=O)c3cc(OC)c(Br)cc23)c2cc(Br)c(OC)cc2c1OC(C)=O. The maximum Gasteiger partial charge on any atom is 0.345 e. The fraction of sp³-hybridized carbons (Fsp3) is 0.200. The lowest BCUT2D eigenvalue weighted by molar-refractivity contribution is -0.132. The van der Waals surface area contributed by atoms with Gasteiger partial charge in [-0.2, -0.15) is 0 Å². The van der Waals surface area contributed by atoms with E-state index in [2.05, 4.69) is 31.9 Å². The summed E-state index contributed by atoms with van der Waals surface area (Å²) in [5.74, 6) is -5.48. The lowest BCUT2D eigenvalue weighted by Gasteiger charge is -2.22. The first kappa shape index (κ1) is 32.4. The highest BCUT2D eigenvalue weighted by Crippen LogP contribution is 2.55. The Bertz CT molecular complexity index is 1760. The van der Waals surface area contributed by atoms with Crippen molar-refractivity contribution in [3.63, 3.8) is 0 Å². The van der Waals surface area contributed by atoms with Crippen LogP contribution >= 0.6 is 31.9 Å². The first-order valence-electron chi connectivity index (χ1n) is 12.5. The third kappa shape index (κ3) is 5.46. The average molecular weight is 736 g/mol. The molecule has 0 amide bonds. The summed E-state index contributed by atoms with van der Waals surface area (Å²) in [6, 6.07) is 5.89. The smallest absolute Gasteiger partial charge is 0.345 e. The number of carbonyl (C=O) groups excluding carboxylic acids is 4. The van der Waals surface area contributed by atoms with Crippen LogP contribution in [0.15, 0.2) is 33.2 Å². The molecular weight excluding hydrogens is 712 g/mol. The topological polar surface area (TPSA) is 164 Å². The van der Waals surface area contributed by atoms with Gasteiger partial charge in [-0.3, -0.25) is 9.59 Å². The van der Waals surface area contributed by atoms with Crippen LogP contribution in [0.3, 0.4) is 0 Å². The average Bonchev–Trinajstić information content (AvgIpc) is 2.97. The number of hydrogen-bond donors (Lipinski definition) is 2. The molecule has 0 fully saturated rings.